The molecule has 2 fully saturated rings. The van der Waals surface area contributed by atoms with E-state index in [2.05, 4.69) is 134 Å². The number of hydrogen-bond donors (Lipinski definition) is 0. The molecule has 0 aromatic heterocycles. The standard InChI is InChI=1S/C32H61IO7Si3/c1-30(2,3)41(11,12)38-24(19-20-33)27-29(40-43(15,16)32(7,8)9)28(39-42(13,14)31(4,5)6)26-23(37-27)18-17-22(36-26)21-25(34)35-10/h22-24,26-29H,17-18,21H2,1-16H3/t22?,23?,24?,26-,27?,28?,29?/m0/s1. The van der Waals surface area contributed by atoms with Crippen LogP contribution in [0.1, 0.15) is 81.6 Å². The predicted molar refractivity (Wildman–Crippen MR) is 191 cm³/mol. The van der Waals surface area contributed by atoms with Crippen molar-refractivity contribution in [3.05, 3.63) is 0 Å². The number of carbonyl (C=O) groups excluding carboxylic acids is 1. The molecule has 0 amide bonds. The lowest BCUT2D eigenvalue weighted by atomic mass is 9.87. The SMILES string of the molecule is COC(=O)CC1CCC2OC(C(C#CI)O[Si](C)(C)C(C)(C)C)C(O[Si](C)(C)C(C)(C)C)C(O[Si](C)(C)C(C)(C)C)[C@H]2O1. The number of esters is 1. The van der Waals surface area contributed by atoms with Crippen molar-refractivity contribution < 1.29 is 32.3 Å². The molecule has 2 heterocycles. The van der Waals surface area contributed by atoms with E-state index in [-0.39, 0.29) is 45.8 Å². The first-order chi connectivity index (χ1) is 19.3. The molecule has 7 atom stereocenters. The Labute approximate surface area is 280 Å². The van der Waals surface area contributed by atoms with Crippen LogP contribution in [0.2, 0.25) is 54.4 Å². The van der Waals surface area contributed by atoms with E-state index in [0.29, 0.717) is 6.42 Å². The number of ether oxygens (including phenoxy) is 3. The zero-order valence-electron chi connectivity index (χ0n) is 29.9. The van der Waals surface area contributed by atoms with Gasteiger partial charge in [-0.3, -0.25) is 4.79 Å². The monoisotopic (exact) mass is 768 g/mol. The highest BCUT2D eigenvalue weighted by atomic mass is 127. The number of rotatable bonds is 9. The average Bonchev–Trinajstić information content (AvgIpc) is 2.82. The minimum atomic E-state index is -2.34. The van der Waals surface area contributed by atoms with Gasteiger partial charge in [-0.2, -0.15) is 0 Å². The van der Waals surface area contributed by atoms with Crippen molar-refractivity contribution in [3.8, 4) is 9.85 Å². The van der Waals surface area contributed by atoms with Crippen molar-refractivity contribution in [1.82, 2.24) is 0 Å². The van der Waals surface area contributed by atoms with E-state index in [9.17, 15) is 4.79 Å². The summed E-state index contributed by atoms with van der Waals surface area (Å²) in [5, 5.41) is -0.0737. The van der Waals surface area contributed by atoms with E-state index < -0.39 is 49.4 Å². The lowest BCUT2D eigenvalue weighted by Crippen LogP contribution is -2.69. The van der Waals surface area contributed by atoms with Crippen molar-refractivity contribution in [2.75, 3.05) is 7.11 Å². The largest absolute Gasteiger partial charge is 0.469 e. The van der Waals surface area contributed by atoms with Gasteiger partial charge in [0.1, 0.15) is 30.5 Å². The minimum Gasteiger partial charge on any atom is -0.469 e. The van der Waals surface area contributed by atoms with Gasteiger partial charge >= 0.3 is 5.97 Å². The summed E-state index contributed by atoms with van der Waals surface area (Å²) in [5.74, 6) is 3.13. The van der Waals surface area contributed by atoms with Crippen LogP contribution in [0.25, 0.3) is 0 Å². The third kappa shape index (κ3) is 9.62. The minimum absolute atomic E-state index is 0.00269. The Hall–Kier alpha value is 0.211. The van der Waals surface area contributed by atoms with Crippen LogP contribution in [0, 0.1) is 9.85 Å². The van der Waals surface area contributed by atoms with Crippen LogP contribution >= 0.6 is 22.6 Å². The topological polar surface area (TPSA) is 72.5 Å². The molecule has 0 bridgehead atoms. The molecule has 11 heteroatoms. The number of hydrogen-bond acceptors (Lipinski definition) is 7. The number of methoxy groups -OCH3 is 1. The van der Waals surface area contributed by atoms with Crippen LogP contribution in [0.3, 0.4) is 0 Å². The normalized spacial score (nSPS) is 28.4. The zero-order chi connectivity index (χ0) is 33.4. The molecule has 0 aromatic carbocycles. The summed E-state index contributed by atoms with van der Waals surface area (Å²) < 4.78 is 43.6. The first-order valence-corrected chi connectivity index (χ1v) is 25.6. The van der Waals surface area contributed by atoms with Crippen molar-refractivity contribution in [2.45, 2.75) is 179 Å². The van der Waals surface area contributed by atoms with Gasteiger partial charge in [0.15, 0.2) is 25.0 Å². The van der Waals surface area contributed by atoms with E-state index in [0.717, 1.165) is 6.42 Å². The van der Waals surface area contributed by atoms with E-state index >= 15 is 0 Å². The van der Waals surface area contributed by atoms with Crippen molar-refractivity contribution in [1.29, 1.82) is 0 Å². The lowest BCUT2D eigenvalue weighted by Gasteiger charge is -2.55. The van der Waals surface area contributed by atoms with Crippen LogP contribution in [0.15, 0.2) is 0 Å². The van der Waals surface area contributed by atoms with Crippen LogP contribution < -0.4 is 0 Å². The van der Waals surface area contributed by atoms with E-state index in [1.807, 2.05) is 0 Å². The molecular weight excluding hydrogens is 708 g/mol. The second kappa shape index (κ2) is 14.1. The highest BCUT2D eigenvalue weighted by Crippen LogP contribution is 2.47. The average molecular weight is 769 g/mol. The maximum Gasteiger partial charge on any atom is 0.308 e. The third-order valence-electron chi connectivity index (χ3n) is 10.6. The molecule has 0 radical (unpaired) electrons. The first kappa shape index (κ1) is 39.4. The highest BCUT2D eigenvalue weighted by Gasteiger charge is 2.58. The summed E-state index contributed by atoms with van der Waals surface area (Å²) >= 11 is 2.11. The quantitative estimate of drug-likeness (QED) is 0.101. The Morgan fingerprint density at radius 3 is 1.74 bits per heavy atom. The second-order valence-electron chi connectivity index (χ2n) is 16.9. The maximum absolute atomic E-state index is 12.3. The molecule has 6 unspecified atom stereocenters. The molecule has 2 rings (SSSR count). The van der Waals surface area contributed by atoms with Crippen molar-refractivity contribution in [2.24, 2.45) is 0 Å². The Balaban J connectivity index is 2.74. The van der Waals surface area contributed by atoms with Gasteiger partial charge in [0.2, 0.25) is 0 Å². The van der Waals surface area contributed by atoms with Crippen molar-refractivity contribution >= 4 is 53.5 Å². The Bertz CT molecular complexity index is 1020. The molecule has 0 aliphatic carbocycles. The zero-order valence-corrected chi connectivity index (χ0v) is 35.1. The molecule has 0 saturated carbocycles. The second-order valence-corrected chi connectivity index (χ2v) is 31.8. The van der Waals surface area contributed by atoms with Gasteiger partial charge in [-0.1, -0.05) is 68.2 Å². The number of halogens is 1. The molecule has 2 aliphatic heterocycles. The summed E-state index contributed by atoms with van der Waals surface area (Å²) in [7, 11) is -5.46. The van der Waals surface area contributed by atoms with Crippen LogP contribution in [-0.2, 0) is 32.3 Å². The molecule has 0 spiro atoms. The van der Waals surface area contributed by atoms with Gasteiger partial charge in [0, 0.05) is 22.6 Å². The summed E-state index contributed by atoms with van der Waals surface area (Å²) in [4.78, 5) is 12.3. The van der Waals surface area contributed by atoms with Gasteiger partial charge in [0.05, 0.1) is 25.7 Å². The molecule has 43 heavy (non-hydrogen) atoms. The fourth-order valence-corrected chi connectivity index (χ4v) is 8.76. The van der Waals surface area contributed by atoms with Crippen LogP contribution in [0.5, 0.6) is 0 Å². The van der Waals surface area contributed by atoms with Gasteiger partial charge in [-0.25, -0.2) is 0 Å². The Morgan fingerprint density at radius 1 is 0.814 bits per heavy atom. The van der Waals surface area contributed by atoms with E-state index in [1.54, 1.807) is 0 Å². The summed E-state index contributed by atoms with van der Waals surface area (Å²) in [6, 6.07) is 0. The molecule has 0 N–H and O–H groups in total. The maximum atomic E-state index is 12.3. The number of carbonyl (C=O) groups is 1. The van der Waals surface area contributed by atoms with Gasteiger partial charge in [0.25, 0.3) is 0 Å². The molecule has 7 nitrogen and oxygen atoms in total. The lowest BCUT2D eigenvalue weighted by molar-refractivity contribution is -0.266. The van der Waals surface area contributed by atoms with Gasteiger partial charge < -0.3 is 27.5 Å². The fourth-order valence-electron chi connectivity index (χ4n) is 4.67. The predicted octanol–water partition coefficient (Wildman–Crippen LogP) is 8.43. The summed E-state index contributed by atoms with van der Waals surface area (Å²) in [6.07, 6.45) is -1.01. The van der Waals surface area contributed by atoms with Crippen molar-refractivity contribution in [3.63, 3.8) is 0 Å². The summed E-state index contributed by atoms with van der Waals surface area (Å²) in [5.41, 5.74) is 0. The smallest absolute Gasteiger partial charge is 0.308 e. The van der Waals surface area contributed by atoms with Gasteiger partial charge in [-0.15, -0.1) is 0 Å². The molecule has 0 aromatic rings. The van der Waals surface area contributed by atoms with E-state index in [1.165, 1.54) is 7.11 Å². The Morgan fingerprint density at radius 2 is 1.30 bits per heavy atom. The molecule has 250 valence electrons. The Kier molecular flexibility index (Phi) is 12.9. The van der Waals surface area contributed by atoms with Crippen LogP contribution in [0.4, 0.5) is 0 Å². The van der Waals surface area contributed by atoms with Crippen LogP contribution in [-0.4, -0.2) is 80.8 Å². The fraction of sp³-hybridized carbons (Fsp3) is 0.906. The summed E-state index contributed by atoms with van der Waals surface area (Å²) in [6.45, 7) is 33.9. The van der Waals surface area contributed by atoms with Gasteiger partial charge in [-0.05, 0) is 71.2 Å². The third-order valence-corrected chi connectivity index (χ3v) is 24.3. The first-order valence-electron chi connectivity index (χ1n) is 15.8. The molecule has 2 saturated heterocycles. The highest BCUT2D eigenvalue weighted by molar-refractivity contribution is 14.1. The van der Waals surface area contributed by atoms with E-state index in [4.69, 9.17) is 27.5 Å². The molecular formula is C32H61IO7Si3. The number of fused-ring (bicyclic) bond motifs is 1. The molecule has 2 aliphatic rings.